The Bertz CT molecular complexity index is 1020. The second kappa shape index (κ2) is 14.1. The number of likely N-dealkylation sites (tertiary alicyclic amines) is 2. The molecule has 10 nitrogen and oxygen atoms in total. The molecule has 1 aromatic heterocycles. The molecule has 0 radical (unpaired) electrons. The summed E-state index contributed by atoms with van der Waals surface area (Å²) in [6.45, 7) is 7.86. The molecule has 0 aliphatic carbocycles. The number of piperidine rings is 2. The number of carbonyl (C=O) groups is 4. The van der Waals surface area contributed by atoms with Crippen molar-refractivity contribution < 1.29 is 28.7 Å². The first kappa shape index (κ1) is 30.8. The number of pyridine rings is 1. The van der Waals surface area contributed by atoms with Crippen molar-refractivity contribution in [2.45, 2.75) is 77.4 Å². The summed E-state index contributed by atoms with van der Waals surface area (Å²) in [6.07, 6.45) is 7.29. The highest BCUT2D eigenvalue weighted by atomic mass is 79.9. The summed E-state index contributed by atoms with van der Waals surface area (Å²) < 4.78 is 11.0. The van der Waals surface area contributed by atoms with E-state index in [0.29, 0.717) is 50.5 Å². The fourth-order valence-electron chi connectivity index (χ4n) is 5.04. The maximum Gasteiger partial charge on any atom is 0.410 e. The minimum absolute atomic E-state index is 0.0114. The van der Waals surface area contributed by atoms with Crippen molar-refractivity contribution >= 4 is 39.8 Å². The summed E-state index contributed by atoms with van der Waals surface area (Å²) in [5.74, 6) is -0.521. The summed E-state index contributed by atoms with van der Waals surface area (Å²) in [5.41, 5.74) is 0.187. The molecule has 216 valence electrons. The van der Waals surface area contributed by atoms with Crippen molar-refractivity contribution in [1.29, 1.82) is 0 Å². The predicted molar refractivity (Wildman–Crippen MR) is 149 cm³/mol. The van der Waals surface area contributed by atoms with Gasteiger partial charge in [0.2, 0.25) is 11.8 Å². The topological polar surface area (TPSA) is 118 Å². The van der Waals surface area contributed by atoms with Gasteiger partial charge in [-0.05, 0) is 86.4 Å². The summed E-state index contributed by atoms with van der Waals surface area (Å²) >= 11 is 3.38. The molecule has 1 aromatic rings. The fourth-order valence-corrected chi connectivity index (χ4v) is 5.43. The van der Waals surface area contributed by atoms with Gasteiger partial charge in [0.15, 0.2) is 0 Å². The van der Waals surface area contributed by atoms with Crippen molar-refractivity contribution in [1.82, 2.24) is 20.1 Å². The van der Waals surface area contributed by atoms with Gasteiger partial charge in [-0.15, -0.1) is 0 Å². The molecular formula is C28H41BrN4O6. The lowest BCUT2D eigenvalue weighted by atomic mass is 9.91. The molecule has 1 N–H and O–H groups in total. The van der Waals surface area contributed by atoms with Crippen LogP contribution in [0.2, 0.25) is 0 Å². The van der Waals surface area contributed by atoms with Crippen LogP contribution in [0.1, 0.15) is 77.3 Å². The molecule has 2 fully saturated rings. The molecule has 3 amide bonds. The normalized spacial score (nSPS) is 19.3. The molecule has 2 unspecified atom stereocenters. The average Bonchev–Trinajstić information content (AvgIpc) is 2.90. The number of hydrogen-bond donors (Lipinski definition) is 1. The molecule has 0 bridgehead atoms. The van der Waals surface area contributed by atoms with Gasteiger partial charge in [-0.2, -0.15) is 0 Å². The Morgan fingerprint density at radius 2 is 1.82 bits per heavy atom. The first-order valence-corrected chi connectivity index (χ1v) is 14.5. The van der Waals surface area contributed by atoms with Crippen LogP contribution in [0.3, 0.4) is 0 Å². The molecule has 2 saturated heterocycles. The molecule has 0 spiro atoms. The van der Waals surface area contributed by atoms with Crippen LogP contribution in [0.5, 0.6) is 0 Å². The van der Waals surface area contributed by atoms with Crippen molar-refractivity contribution in [3.05, 3.63) is 28.5 Å². The number of esters is 1. The maximum atomic E-state index is 13.2. The van der Waals surface area contributed by atoms with E-state index in [2.05, 4.69) is 26.2 Å². The summed E-state index contributed by atoms with van der Waals surface area (Å²) in [5, 5.41) is 2.98. The van der Waals surface area contributed by atoms with Gasteiger partial charge in [0.05, 0.1) is 25.5 Å². The van der Waals surface area contributed by atoms with Gasteiger partial charge in [-0.3, -0.25) is 19.4 Å². The van der Waals surface area contributed by atoms with Crippen LogP contribution in [0.25, 0.3) is 0 Å². The first-order valence-electron chi connectivity index (χ1n) is 13.7. The summed E-state index contributed by atoms with van der Waals surface area (Å²) in [7, 11) is 1.31. The van der Waals surface area contributed by atoms with Crippen LogP contribution in [0.4, 0.5) is 4.79 Å². The Kier molecular flexibility index (Phi) is 11.1. The smallest absolute Gasteiger partial charge is 0.410 e. The Hall–Kier alpha value is -2.69. The van der Waals surface area contributed by atoms with Crippen molar-refractivity contribution in [2.75, 3.05) is 33.3 Å². The number of carbonyl (C=O) groups excluding carboxylic acids is 4. The van der Waals surface area contributed by atoms with Crippen LogP contribution < -0.4 is 5.32 Å². The maximum absolute atomic E-state index is 13.2. The molecule has 2 atom stereocenters. The van der Waals surface area contributed by atoms with Crippen LogP contribution in [0, 0.1) is 11.8 Å². The van der Waals surface area contributed by atoms with E-state index in [-0.39, 0.29) is 30.2 Å². The molecule has 0 saturated carbocycles. The SMILES string of the molecule is COC(=O)CC(NC(=O)C1CCCN(C(=O)CCC2CCN(C(=O)OC(C)(C)C)CC2)C1)c1cncc(Br)c1. The highest BCUT2D eigenvalue weighted by molar-refractivity contribution is 9.10. The third-order valence-corrected chi connectivity index (χ3v) is 7.65. The van der Waals surface area contributed by atoms with Gasteiger partial charge in [-0.25, -0.2) is 4.79 Å². The molecule has 11 heteroatoms. The Morgan fingerprint density at radius 1 is 1.10 bits per heavy atom. The highest BCUT2D eigenvalue weighted by Gasteiger charge is 2.32. The van der Waals surface area contributed by atoms with Gasteiger partial charge in [0.25, 0.3) is 0 Å². The number of aromatic nitrogens is 1. The van der Waals surface area contributed by atoms with E-state index in [1.807, 2.05) is 26.8 Å². The third kappa shape index (κ3) is 9.77. The number of methoxy groups -OCH3 is 1. The minimum Gasteiger partial charge on any atom is -0.469 e. The summed E-state index contributed by atoms with van der Waals surface area (Å²) in [6, 6.07) is 1.24. The van der Waals surface area contributed by atoms with Gasteiger partial charge in [0, 0.05) is 49.5 Å². The zero-order chi connectivity index (χ0) is 28.6. The molecule has 3 heterocycles. The van der Waals surface area contributed by atoms with Crippen LogP contribution in [-0.2, 0) is 23.9 Å². The zero-order valence-electron chi connectivity index (χ0n) is 23.4. The lowest BCUT2D eigenvalue weighted by Gasteiger charge is -2.35. The Balaban J connectivity index is 1.48. The highest BCUT2D eigenvalue weighted by Crippen LogP contribution is 2.26. The predicted octanol–water partition coefficient (Wildman–Crippen LogP) is 4.23. The van der Waals surface area contributed by atoms with Crippen LogP contribution in [-0.4, -0.2) is 77.6 Å². The molecule has 39 heavy (non-hydrogen) atoms. The van der Waals surface area contributed by atoms with Crippen molar-refractivity contribution in [3.63, 3.8) is 0 Å². The van der Waals surface area contributed by atoms with E-state index < -0.39 is 17.6 Å². The van der Waals surface area contributed by atoms with E-state index >= 15 is 0 Å². The van der Waals surface area contributed by atoms with E-state index in [1.54, 1.807) is 22.2 Å². The van der Waals surface area contributed by atoms with Crippen LogP contribution in [0.15, 0.2) is 22.9 Å². The molecule has 2 aliphatic rings. The van der Waals surface area contributed by atoms with Crippen molar-refractivity contribution in [2.24, 2.45) is 11.8 Å². The Labute approximate surface area is 239 Å². The molecule has 3 rings (SSSR count). The van der Waals surface area contributed by atoms with Gasteiger partial charge in [0.1, 0.15) is 5.60 Å². The van der Waals surface area contributed by atoms with Crippen molar-refractivity contribution in [3.8, 4) is 0 Å². The fraction of sp³-hybridized carbons (Fsp3) is 0.679. The molecule has 0 aromatic carbocycles. The number of nitrogens with one attached hydrogen (secondary N) is 1. The lowest BCUT2D eigenvalue weighted by Crippen LogP contribution is -2.46. The number of hydrogen-bond acceptors (Lipinski definition) is 7. The number of halogens is 1. The second-order valence-corrected chi connectivity index (χ2v) is 12.3. The van der Waals surface area contributed by atoms with E-state index in [1.165, 1.54) is 7.11 Å². The summed E-state index contributed by atoms with van der Waals surface area (Å²) in [4.78, 5) is 58.2. The van der Waals surface area contributed by atoms with Gasteiger partial charge >= 0.3 is 12.1 Å². The molecular weight excluding hydrogens is 568 g/mol. The van der Waals surface area contributed by atoms with E-state index in [0.717, 1.165) is 30.2 Å². The minimum atomic E-state index is -0.576. The van der Waals surface area contributed by atoms with Gasteiger partial charge < -0.3 is 24.6 Å². The first-order chi connectivity index (χ1) is 18.4. The molecule has 2 aliphatic heterocycles. The quantitative estimate of drug-likeness (QED) is 0.439. The van der Waals surface area contributed by atoms with E-state index in [9.17, 15) is 19.2 Å². The Morgan fingerprint density at radius 3 is 2.46 bits per heavy atom. The number of ether oxygens (including phenoxy) is 2. The second-order valence-electron chi connectivity index (χ2n) is 11.4. The van der Waals surface area contributed by atoms with E-state index in [4.69, 9.17) is 9.47 Å². The lowest BCUT2D eigenvalue weighted by molar-refractivity contribution is -0.141. The van der Waals surface area contributed by atoms with Gasteiger partial charge in [-0.1, -0.05) is 0 Å². The number of rotatable bonds is 8. The standard InChI is InChI=1S/C28H41BrN4O6/c1-28(2,3)39-27(37)32-12-9-19(10-13-32)7-8-24(34)33-11-5-6-20(18-33)26(36)31-23(15-25(35)38-4)21-14-22(29)17-30-16-21/h14,16-17,19-20,23H,5-13,15,18H2,1-4H3,(H,31,36). The monoisotopic (exact) mass is 608 g/mol. The largest absolute Gasteiger partial charge is 0.469 e. The zero-order valence-corrected chi connectivity index (χ0v) is 25.0. The van der Waals surface area contributed by atoms with Crippen LogP contribution >= 0.6 is 15.9 Å². The third-order valence-electron chi connectivity index (χ3n) is 7.22. The number of nitrogens with zero attached hydrogens (tertiary/aromatic N) is 3. The average molecular weight is 610 g/mol. The number of amides is 3.